The summed E-state index contributed by atoms with van der Waals surface area (Å²) in [5, 5.41) is 7.41. The number of nitrogens with zero attached hydrogens (tertiary/aromatic N) is 4. The highest BCUT2D eigenvalue weighted by Gasteiger charge is 2.27. The number of amides is 2. The van der Waals surface area contributed by atoms with Crippen LogP contribution in [0.3, 0.4) is 0 Å². The van der Waals surface area contributed by atoms with E-state index in [4.69, 9.17) is 4.74 Å². The second kappa shape index (κ2) is 11.9. The van der Waals surface area contributed by atoms with Crippen LogP contribution in [-0.4, -0.2) is 57.1 Å². The molecule has 0 radical (unpaired) electrons. The van der Waals surface area contributed by atoms with E-state index >= 15 is 0 Å². The summed E-state index contributed by atoms with van der Waals surface area (Å²) in [6.07, 6.45) is 3.12. The van der Waals surface area contributed by atoms with Crippen molar-refractivity contribution >= 4 is 23.5 Å². The average molecular weight is 538 g/mol. The number of hydrogen-bond donors (Lipinski definition) is 1. The minimum Gasteiger partial charge on any atom is -0.461 e. The van der Waals surface area contributed by atoms with E-state index in [2.05, 4.69) is 15.4 Å². The van der Waals surface area contributed by atoms with Crippen LogP contribution < -0.4 is 5.32 Å². The molecule has 0 saturated carbocycles. The lowest BCUT2D eigenvalue weighted by atomic mass is 9.89. The van der Waals surface area contributed by atoms with Crippen LogP contribution in [0.15, 0.2) is 79.0 Å². The Hall–Kier alpha value is -4.79. The Morgan fingerprint density at radius 3 is 2.40 bits per heavy atom. The molecular weight excluding hydrogens is 506 g/mol. The second-order valence-corrected chi connectivity index (χ2v) is 9.71. The highest BCUT2D eigenvalue weighted by Crippen LogP contribution is 2.30. The molecule has 1 aliphatic rings. The van der Waals surface area contributed by atoms with Crippen LogP contribution in [0, 0.1) is 6.92 Å². The van der Waals surface area contributed by atoms with E-state index in [1.165, 1.54) is 17.8 Å². The molecule has 1 fully saturated rings. The third-order valence-corrected chi connectivity index (χ3v) is 6.98. The van der Waals surface area contributed by atoms with Crippen molar-refractivity contribution in [1.82, 2.24) is 19.7 Å². The largest absolute Gasteiger partial charge is 0.461 e. The van der Waals surface area contributed by atoms with Crippen molar-refractivity contribution in [3.8, 4) is 5.69 Å². The average Bonchev–Trinajstić information content (AvgIpc) is 3.39. The number of hydrogen-bond acceptors (Lipinski definition) is 6. The van der Waals surface area contributed by atoms with Gasteiger partial charge in [-0.25, -0.2) is 14.5 Å². The summed E-state index contributed by atoms with van der Waals surface area (Å²) >= 11 is 0. The number of rotatable bonds is 7. The zero-order valence-electron chi connectivity index (χ0n) is 22.5. The predicted molar refractivity (Wildman–Crippen MR) is 151 cm³/mol. The summed E-state index contributed by atoms with van der Waals surface area (Å²) < 4.78 is 6.68. The van der Waals surface area contributed by atoms with Crippen LogP contribution in [-0.2, 0) is 4.74 Å². The van der Waals surface area contributed by atoms with E-state index in [9.17, 15) is 14.4 Å². The summed E-state index contributed by atoms with van der Waals surface area (Å²) in [4.78, 5) is 43.9. The van der Waals surface area contributed by atoms with Gasteiger partial charge in [-0.15, -0.1) is 0 Å². The first-order valence-corrected chi connectivity index (χ1v) is 13.4. The molecule has 2 aromatic carbocycles. The monoisotopic (exact) mass is 537 g/mol. The second-order valence-electron chi connectivity index (χ2n) is 9.71. The van der Waals surface area contributed by atoms with Gasteiger partial charge in [0.2, 0.25) is 0 Å². The molecule has 0 spiro atoms. The lowest BCUT2D eigenvalue weighted by molar-refractivity contribution is 0.0519. The minimum atomic E-state index is -0.564. The van der Waals surface area contributed by atoms with Gasteiger partial charge in [-0.05, 0) is 80.6 Å². The molecule has 5 rings (SSSR count). The van der Waals surface area contributed by atoms with Gasteiger partial charge in [0.25, 0.3) is 11.8 Å². The van der Waals surface area contributed by atoms with E-state index in [0.717, 1.165) is 24.2 Å². The number of esters is 1. The third kappa shape index (κ3) is 5.93. The molecule has 0 unspecified atom stereocenters. The molecule has 1 aliphatic heterocycles. The first-order valence-electron chi connectivity index (χ1n) is 13.4. The quantitative estimate of drug-likeness (QED) is 0.332. The summed E-state index contributed by atoms with van der Waals surface area (Å²) in [5.41, 5.74) is 4.48. The van der Waals surface area contributed by atoms with Crippen LogP contribution in [0.2, 0.25) is 0 Å². The number of carbonyl (C=O) groups is 3. The fraction of sp³-hybridized carbons (Fsp3) is 0.258. The number of ether oxygens (including phenoxy) is 1. The van der Waals surface area contributed by atoms with E-state index in [0.29, 0.717) is 36.0 Å². The third-order valence-electron chi connectivity index (χ3n) is 6.98. The van der Waals surface area contributed by atoms with Gasteiger partial charge in [0, 0.05) is 30.5 Å². The molecule has 204 valence electrons. The number of benzene rings is 2. The number of pyridine rings is 1. The molecule has 40 heavy (non-hydrogen) atoms. The molecular formula is C31H31N5O4. The fourth-order valence-corrected chi connectivity index (χ4v) is 4.93. The van der Waals surface area contributed by atoms with Gasteiger partial charge in [-0.3, -0.25) is 9.59 Å². The van der Waals surface area contributed by atoms with Gasteiger partial charge in [0.15, 0.2) is 0 Å². The Labute approximate surface area is 232 Å². The summed E-state index contributed by atoms with van der Waals surface area (Å²) in [6, 6.07) is 22.3. The zero-order chi connectivity index (χ0) is 28.1. The molecule has 1 N–H and O–H groups in total. The molecule has 2 aromatic heterocycles. The lowest BCUT2D eigenvalue weighted by Gasteiger charge is -2.32. The maximum absolute atomic E-state index is 13.4. The minimum absolute atomic E-state index is 0.0109. The van der Waals surface area contributed by atoms with Crippen LogP contribution in [0.4, 0.5) is 5.69 Å². The molecule has 0 atom stereocenters. The molecule has 4 aromatic rings. The Kier molecular flexibility index (Phi) is 8.00. The van der Waals surface area contributed by atoms with E-state index in [1.807, 2.05) is 72.5 Å². The predicted octanol–water partition coefficient (Wildman–Crippen LogP) is 5.02. The van der Waals surface area contributed by atoms with Crippen molar-refractivity contribution in [1.29, 1.82) is 0 Å². The van der Waals surface area contributed by atoms with E-state index < -0.39 is 5.97 Å². The van der Waals surface area contributed by atoms with Crippen molar-refractivity contribution < 1.29 is 19.1 Å². The van der Waals surface area contributed by atoms with Crippen molar-refractivity contribution in [3.63, 3.8) is 0 Å². The number of likely N-dealkylation sites (tertiary alicyclic amines) is 1. The van der Waals surface area contributed by atoms with Crippen LogP contribution >= 0.6 is 0 Å². The van der Waals surface area contributed by atoms with Gasteiger partial charge in [0.05, 0.1) is 18.0 Å². The Bertz CT molecular complexity index is 1510. The van der Waals surface area contributed by atoms with Gasteiger partial charge >= 0.3 is 5.97 Å². The highest BCUT2D eigenvalue weighted by atomic mass is 16.5. The van der Waals surface area contributed by atoms with Gasteiger partial charge in [-0.1, -0.05) is 30.3 Å². The number of anilines is 1. The first kappa shape index (κ1) is 26.8. The molecule has 0 aliphatic carbocycles. The van der Waals surface area contributed by atoms with E-state index in [-0.39, 0.29) is 24.1 Å². The number of carbonyl (C=O) groups excluding carboxylic acids is 3. The summed E-state index contributed by atoms with van der Waals surface area (Å²) in [7, 11) is 0. The Balaban J connectivity index is 1.19. The Morgan fingerprint density at radius 2 is 1.70 bits per heavy atom. The van der Waals surface area contributed by atoms with Gasteiger partial charge in [0.1, 0.15) is 11.4 Å². The maximum Gasteiger partial charge on any atom is 0.356 e. The zero-order valence-corrected chi connectivity index (χ0v) is 22.5. The van der Waals surface area contributed by atoms with Crippen molar-refractivity contribution in [2.45, 2.75) is 32.6 Å². The molecule has 2 amide bonds. The standard InChI is InChI=1S/C31H31N5O4/c1-3-40-31(39)27-20-24(13-16-32-27)29(37)33-25-11-9-22(10-12-25)23-14-17-35(18-15-23)30(38)28-19-21(2)34-36(28)26-7-5-4-6-8-26/h4-13,16,19-20,23H,3,14-15,17-18H2,1-2H3,(H,33,37). The summed E-state index contributed by atoms with van der Waals surface area (Å²) in [5.74, 6) is -0.589. The molecule has 3 heterocycles. The van der Waals surface area contributed by atoms with Crippen molar-refractivity contribution in [3.05, 3.63) is 107 Å². The molecule has 9 nitrogen and oxygen atoms in total. The SMILES string of the molecule is CCOC(=O)c1cc(C(=O)Nc2ccc(C3CCN(C(=O)c4cc(C)nn4-c4ccccc4)CC3)cc2)ccn1. The number of aryl methyl sites for hydroxylation is 1. The molecule has 0 bridgehead atoms. The van der Waals surface area contributed by atoms with E-state index in [1.54, 1.807) is 17.7 Å². The topological polar surface area (TPSA) is 106 Å². The summed E-state index contributed by atoms with van der Waals surface area (Å²) in [6.45, 7) is 5.16. The van der Waals surface area contributed by atoms with Crippen LogP contribution in [0.1, 0.15) is 68.3 Å². The molecule has 1 saturated heterocycles. The maximum atomic E-state index is 13.4. The van der Waals surface area contributed by atoms with Crippen molar-refractivity contribution in [2.24, 2.45) is 0 Å². The van der Waals surface area contributed by atoms with Crippen LogP contribution in [0.5, 0.6) is 0 Å². The lowest BCUT2D eigenvalue weighted by Crippen LogP contribution is -2.38. The number of para-hydroxylation sites is 1. The van der Waals surface area contributed by atoms with Crippen molar-refractivity contribution in [2.75, 3.05) is 25.0 Å². The van der Waals surface area contributed by atoms with Crippen LogP contribution in [0.25, 0.3) is 5.69 Å². The first-order chi connectivity index (χ1) is 19.4. The van der Waals surface area contributed by atoms with Gasteiger partial charge < -0.3 is 15.0 Å². The number of nitrogens with one attached hydrogen (secondary N) is 1. The number of piperidine rings is 1. The highest BCUT2D eigenvalue weighted by molar-refractivity contribution is 6.05. The Morgan fingerprint density at radius 1 is 0.975 bits per heavy atom. The normalized spacial score (nSPS) is 13.6. The van der Waals surface area contributed by atoms with Gasteiger partial charge in [-0.2, -0.15) is 5.10 Å². The molecule has 9 heteroatoms. The number of aromatic nitrogens is 3. The smallest absolute Gasteiger partial charge is 0.356 e. The fourth-order valence-electron chi connectivity index (χ4n) is 4.93.